The van der Waals surface area contributed by atoms with E-state index in [2.05, 4.69) is 27.1 Å². The monoisotopic (exact) mass is 414 g/mol. The number of anilines is 2. The normalized spacial score (nSPS) is 14.9. The van der Waals surface area contributed by atoms with E-state index in [0.29, 0.717) is 22.0 Å². The molecule has 4 rings (SSSR count). The number of nitrogens with one attached hydrogen (secondary N) is 1. The largest absolute Gasteiger partial charge is 0.370 e. The van der Waals surface area contributed by atoms with Crippen molar-refractivity contribution in [2.45, 2.75) is 6.42 Å². The number of hydrogen-bond donors (Lipinski definition) is 1. The van der Waals surface area contributed by atoms with Crippen LogP contribution in [0.4, 0.5) is 15.8 Å². The fraction of sp³-hybridized carbons (Fsp3) is 0.273. The van der Waals surface area contributed by atoms with Crippen LogP contribution in [0.15, 0.2) is 54.9 Å². The molecule has 5 nitrogen and oxygen atoms in total. The molecule has 3 aromatic rings. The van der Waals surface area contributed by atoms with Gasteiger partial charge in [-0.05, 0) is 62.5 Å². The summed E-state index contributed by atoms with van der Waals surface area (Å²) in [6.07, 6.45) is 4.23. The van der Waals surface area contributed by atoms with Crippen molar-refractivity contribution in [3.05, 3.63) is 66.2 Å². The topological polar surface area (TPSA) is 48.5 Å². The predicted molar refractivity (Wildman–Crippen MR) is 118 cm³/mol. The summed E-state index contributed by atoms with van der Waals surface area (Å²) in [5.74, 6) is -0.554. The number of carbonyl (C=O) groups is 1. The second-order valence-electron chi connectivity index (χ2n) is 7.16. The summed E-state index contributed by atoms with van der Waals surface area (Å²) >= 11 is 0. The van der Waals surface area contributed by atoms with Crippen LogP contribution in [0.2, 0.25) is 0 Å². The summed E-state index contributed by atoms with van der Waals surface area (Å²) in [6, 6.07) is 12.2. The molecule has 0 spiro atoms. The average Bonchev–Trinajstić information content (AvgIpc) is 2.95. The van der Waals surface area contributed by atoms with Crippen molar-refractivity contribution in [2.24, 2.45) is 0 Å². The van der Waals surface area contributed by atoms with E-state index in [0.717, 1.165) is 38.3 Å². The molecule has 0 radical (unpaired) electrons. The van der Waals surface area contributed by atoms with Crippen molar-refractivity contribution >= 4 is 40.5 Å². The van der Waals surface area contributed by atoms with Crippen LogP contribution in [0, 0.1) is 5.82 Å². The Balaban J connectivity index is 0.00000240. The van der Waals surface area contributed by atoms with Crippen molar-refractivity contribution in [3.63, 3.8) is 0 Å². The van der Waals surface area contributed by atoms with Gasteiger partial charge in [0.1, 0.15) is 5.82 Å². The minimum atomic E-state index is -0.331. The molecule has 0 unspecified atom stereocenters. The molecule has 1 aliphatic heterocycles. The number of halogens is 2. The van der Waals surface area contributed by atoms with Gasteiger partial charge in [-0.15, -0.1) is 12.4 Å². The number of pyridine rings is 1. The highest BCUT2D eigenvalue weighted by molar-refractivity contribution is 6.09. The van der Waals surface area contributed by atoms with E-state index in [9.17, 15) is 9.18 Å². The van der Waals surface area contributed by atoms with Gasteiger partial charge in [-0.2, -0.15) is 0 Å². The molecule has 1 fully saturated rings. The SMILES string of the molecule is CN1CCCN(c2ccc(C(=O)Nc3ccc(F)c4ccncc34)cc2)CC1.Cl. The van der Waals surface area contributed by atoms with E-state index in [1.54, 1.807) is 18.3 Å². The molecule has 152 valence electrons. The molecule has 1 aliphatic rings. The molecule has 1 N–H and O–H groups in total. The van der Waals surface area contributed by atoms with Crippen LogP contribution < -0.4 is 10.2 Å². The third-order valence-electron chi connectivity index (χ3n) is 5.23. The van der Waals surface area contributed by atoms with Gasteiger partial charge in [0.25, 0.3) is 5.91 Å². The second-order valence-corrected chi connectivity index (χ2v) is 7.16. The van der Waals surface area contributed by atoms with Crippen LogP contribution >= 0.6 is 12.4 Å². The number of nitrogens with zero attached hydrogens (tertiary/aromatic N) is 3. The molecule has 0 bridgehead atoms. The van der Waals surface area contributed by atoms with Crippen LogP contribution in [0.3, 0.4) is 0 Å². The fourth-order valence-corrected chi connectivity index (χ4v) is 3.59. The number of aromatic nitrogens is 1. The lowest BCUT2D eigenvalue weighted by Gasteiger charge is -2.23. The number of rotatable bonds is 3. The number of hydrogen-bond acceptors (Lipinski definition) is 4. The third-order valence-corrected chi connectivity index (χ3v) is 5.23. The Bertz CT molecular complexity index is 996. The average molecular weight is 415 g/mol. The van der Waals surface area contributed by atoms with E-state index in [-0.39, 0.29) is 24.1 Å². The highest BCUT2D eigenvalue weighted by Crippen LogP contribution is 2.26. The van der Waals surface area contributed by atoms with Crippen molar-refractivity contribution in [3.8, 4) is 0 Å². The smallest absolute Gasteiger partial charge is 0.255 e. The quantitative estimate of drug-likeness (QED) is 0.698. The zero-order valence-electron chi connectivity index (χ0n) is 16.3. The lowest BCUT2D eigenvalue weighted by Crippen LogP contribution is -2.28. The highest BCUT2D eigenvalue weighted by atomic mass is 35.5. The van der Waals surface area contributed by atoms with Crippen LogP contribution in [0.25, 0.3) is 10.8 Å². The number of likely N-dealkylation sites (N-methyl/N-ethyl adjacent to an activating group) is 1. The predicted octanol–water partition coefficient (Wildman–Crippen LogP) is 4.19. The van der Waals surface area contributed by atoms with Crippen LogP contribution in [-0.4, -0.2) is 49.0 Å². The molecule has 1 aromatic heterocycles. The minimum Gasteiger partial charge on any atom is -0.370 e. The zero-order chi connectivity index (χ0) is 19.5. The fourth-order valence-electron chi connectivity index (χ4n) is 3.59. The van der Waals surface area contributed by atoms with E-state index in [4.69, 9.17) is 0 Å². The lowest BCUT2D eigenvalue weighted by molar-refractivity contribution is 0.102. The van der Waals surface area contributed by atoms with Gasteiger partial charge in [-0.1, -0.05) is 0 Å². The van der Waals surface area contributed by atoms with E-state index >= 15 is 0 Å². The molecule has 1 saturated heterocycles. The summed E-state index contributed by atoms with van der Waals surface area (Å²) in [4.78, 5) is 21.4. The third kappa shape index (κ3) is 4.66. The zero-order valence-corrected chi connectivity index (χ0v) is 17.1. The summed E-state index contributed by atoms with van der Waals surface area (Å²) in [5, 5.41) is 3.90. The molecule has 7 heteroatoms. The Labute approximate surface area is 175 Å². The number of amides is 1. The standard InChI is InChI=1S/C22H23FN4O.ClH/c1-26-11-2-12-27(14-13-26)17-5-3-16(4-6-17)22(28)25-21-8-7-20(23)18-9-10-24-15-19(18)21;/h3-10,15H,2,11-14H2,1H3,(H,25,28);1H. The van der Waals surface area contributed by atoms with E-state index < -0.39 is 0 Å². The van der Waals surface area contributed by atoms with Crippen LogP contribution in [0.1, 0.15) is 16.8 Å². The summed E-state index contributed by atoms with van der Waals surface area (Å²) < 4.78 is 14.0. The van der Waals surface area contributed by atoms with E-state index in [1.807, 2.05) is 24.3 Å². The molecule has 0 aliphatic carbocycles. The molecule has 2 heterocycles. The molecule has 2 aromatic carbocycles. The molecular weight excluding hydrogens is 391 g/mol. The van der Waals surface area contributed by atoms with Crippen molar-refractivity contribution in [1.82, 2.24) is 9.88 Å². The van der Waals surface area contributed by atoms with Gasteiger partial charge >= 0.3 is 0 Å². The molecule has 1 amide bonds. The van der Waals surface area contributed by atoms with Gasteiger partial charge in [0.05, 0.1) is 5.69 Å². The van der Waals surface area contributed by atoms with Crippen molar-refractivity contribution in [2.75, 3.05) is 43.4 Å². The Morgan fingerprint density at radius 1 is 1.00 bits per heavy atom. The highest BCUT2D eigenvalue weighted by Gasteiger charge is 2.14. The lowest BCUT2D eigenvalue weighted by atomic mass is 10.1. The first kappa shape index (κ1) is 21.0. The number of carbonyl (C=O) groups excluding carboxylic acids is 1. The van der Waals surface area contributed by atoms with Gasteiger partial charge in [0, 0.05) is 54.1 Å². The first-order chi connectivity index (χ1) is 13.6. The summed E-state index contributed by atoms with van der Waals surface area (Å²) in [7, 11) is 2.14. The first-order valence-corrected chi connectivity index (χ1v) is 9.49. The number of fused-ring (bicyclic) bond motifs is 1. The van der Waals surface area contributed by atoms with Crippen molar-refractivity contribution < 1.29 is 9.18 Å². The molecule has 29 heavy (non-hydrogen) atoms. The summed E-state index contributed by atoms with van der Waals surface area (Å²) in [6.45, 7) is 4.15. The van der Waals surface area contributed by atoms with Gasteiger partial charge in [0.15, 0.2) is 0 Å². The van der Waals surface area contributed by atoms with Gasteiger partial charge in [0.2, 0.25) is 0 Å². The van der Waals surface area contributed by atoms with Crippen molar-refractivity contribution in [1.29, 1.82) is 0 Å². The van der Waals surface area contributed by atoms with Gasteiger partial charge < -0.3 is 15.1 Å². The Hall–Kier alpha value is -2.70. The molecule has 0 saturated carbocycles. The molecule has 0 atom stereocenters. The van der Waals surface area contributed by atoms with Gasteiger partial charge in [-0.3, -0.25) is 9.78 Å². The number of benzene rings is 2. The Kier molecular flexibility index (Phi) is 6.67. The first-order valence-electron chi connectivity index (χ1n) is 9.49. The summed E-state index contributed by atoms with van der Waals surface area (Å²) in [5.41, 5.74) is 2.24. The molecular formula is C22H24ClFN4O. The Morgan fingerprint density at radius 2 is 1.79 bits per heavy atom. The maximum Gasteiger partial charge on any atom is 0.255 e. The van der Waals surface area contributed by atoms with E-state index in [1.165, 1.54) is 12.3 Å². The van der Waals surface area contributed by atoms with Gasteiger partial charge in [-0.25, -0.2) is 4.39 Å². The maximum absolute atomic E-state index is 14.0. The minimum absolute atomic E-state index is 0. The Morgan fingerprint density at radius 3 is 2.59 bits per heavy atom. The second kappa shape index (κ2) is 9.20. The van der Waals surface area contributed by atoms with Crippen LogP contribution in [-0.2, 0) is 0 Å². The maximum atomic E-state index is 14.0. The van der Waals surface area contributed by atoms with Crippen LogP contribution in [0.5, 0.6) is 0 Å².